The van der Waals surface area contributed by atoms with Crippen LogP contribution in [0, 0.1) is 0 Å². The third-order valence-corrected chi connectivity index (χ3v) is 1.83. The Labute approximate surface area is 82.7 Å². The van der Waals surface area contributed by atoms with Crippen molar-refractivity contribution in [1.82, 2.24) is 0 Å². The summed E-state index contributed by atoms with van der Waals surface area (Å²) in [7, 11) is 0. The van der Waals surface area contributed by atoms with E-state index < -0.39 is 11.8 Å². The number of hydrogen-bond donors (Lipinski definition) is 0. The Morgan fingerprint density at radius 1 is 1.21 bits per heavy atom. The number of aryl methyl sites for hydroxylation is 1. The Morgan fingerprint density at radius 3 is 2.21 bits per heavy atom. The van der Waals surface area contributed by atoms with Gasteiger partial charge in [0.25, 0.3) is 0 Å². The number of carbonyl (C=O) groups is 2. The standard InChI is InChI=1S/C11H12O3/c1-3-9-4-6-10(7-5-9)14-11(13)8(2)12/h4-7H,3H2,1-2H3. The fourth-order valence-electron chi connectivity index (χ4n) is 0.972. The lowest BCUT2D eigenvalue weighted by molar-refractivity contribution is -0.146. The van der Waals surface area contributed by atoms with E-state index >= 15 is 0 Å². The van der Waals surface area contributed by atoms with E-state index in [1.54, 1.807) is 12.1 Å². The molecular formula is C11H12O3. The summed E-state index contributed by atoms with van der Waals surface area (Å²) in [5.41, 5.74) is 1.16. The second kappa shape index (κ2) is 4.56. The maximum atomic E-state index is 10.9. The zero-order valence-electron chi connectivity index (χ0n) is 8.24. The van der Waals surface area contributed by atoms with Gasteiger partial charge in [0.1, 0.15) is 5.75 Å². The van der Waals surface area contributed by atoms with Crippen LogP contribution in [0.2, 0.25) is 0 Å². The lowest BCUT2D eigenvalue weighted by Gasteiger charge is -2.02. The molecule has 14 heavy (non-hydrogen) atoms. The van der Waals surface area contributed by atoms with Gasteiger partial charge in [-0.1, -0.05) is 19.1 Å². The van der Waals surface area contributed by atoms with Crippen molar-refractivity contribution in [3.8, 4) is 5.75 Å². The molecule has 0 saturated heterocycles. The van der Waals surface area contributed by atoms with Gasteiger partial charge in [-0.05, 0) is 24.1 Å². The van der Waals surface area contributed by atoms with Crippen molar-refractivity contribution in [2.75, 3.05) is 0 Å². The summed E-state index contributed by atoms with van der Waals surface area (Å²) >= 11 is 0. The molecule has 0 aliphatic carbocycles. The molecule has 0 N–H and O–H groups in total. The quantitative estimate of drug-likeness (QED) is 0.416. The molecule has 0 aliphatic heterocycles. The molecule has 3 nitrogen and oxygen atoms in total. The van der Waals surface area contributed by atoms with Gasteiger partial charge in [0.15, 0.2) is 0 Å². The molecule has 0 spiro atoms. The minimum Gasteiger partial charge on any atom is -0.421 e. The van der Waals surface area contributed by atoms with Gasteiger partial charge in [-0.15, -0.1) is 0 Å². The summed E-state index contributed by atoms with van der Waals surface area (Å²) in [6.07, 6.45) is 0.931. The molecule has 0 radical (unpaired) electrons. The zero-order chi connectivity index (χ0) is 10.6. The third kappa shape index (κ3) is 2.69. The van der Waals surface area contributed by atoms with Crippen LogP contribution < -0.4 is 4.74 Å². The fourth-order valence-corrected chi connectivity index (χ4v) is 0.972. The number of Topliss-reactive ketones (excluding diaryl/α,β-unsaturated/α-hetero) is 1. The predicted octanol–water partition coefficient (Wildman–Crippen LogP) is 1.74. The summed E-state index contributed by atoms with van der Waals surface area (Å²) in [6, 6.07) is 7.09. The van der Waals surface area contributed by atoms with E-state index in [-0.39, 0.29) is 0 Å². The highest BCUT2D eigenvalue weighted by Crippen LogP contribution is 2.12. The lowest BCUT2D eigenvalue weighted by atomic mass is 10.2. The van der Waals surface area contributed by atoms with Crippen molar-refractivity contribution < 1.29 is 14.3 Å². The van der Waals surface area contributed by atoms with Crippen molar-refractivity contribution >= 4 is 11.8 Å². The minimum absolute atomic E-state index is 0.405. The van der Waals surface area contributed by atoms with E-state index in [1.807, 2.05) is 19.1 Å². The van der Waals surface area contributed by atoms with Gasteiger partial charge in [-0.25, -0.2) is 4.79 Å². The molecule has 0 unspecified atom stereocenters. The summed E-state index contributed by atoms with van der Waals surface area (Å²) in [5, 5.41) is 0. The molecular weight excluding hydrogens is 180 g/mol. The number of ketones is 1. The normalized spacial score (nSPS) is 9.57. The Kier molecular flexibility index (Phi) is 3.40. The summed E-state index contributed by atoms with van der Waals surface area (Å²) in [5.74, 6) is -1.01. The van der Waals surface area contributed by atoms with Crippen molar-refractivity contribution in [3.63, 3.8) is 0 Å². The highest BCUT2D eigenvalue weighted by Gasteiger charge is 2.09. The first-order valence-electron chi connectivity index (χ1n) is 4.45. The number of carbonyl (C=O) groups excluding carboxylic acids is 2. The molecule has 0 fully saturated rings. The number of hydrogen-bond acceptors (Lipinski definition) is 3. The third-order valence-electron chi connectivity index (χ3n) is 1.83. The van der Waals surface area contributed by atoms with Gasteiger partial charge in [-0.2, -0.15) is 0 Å². The van der Waals surface area contributed by atoms with Gasteiger partial charge >= 0.3 is 5.97 Å². The number of ether oxygens (including phenoxy) is 1. The van der Waals surface area contributed by atoms with Crippen LogP contribution in [0.3, 0.4) is 0 Å². The van der Waals surface area contributed by atoms with Crippen LogP contribution in [-0.4, -0.2) is 11.8 Å². The number of rotatable bonds is 3. The first kappa shape index (κ1) is 10.4. The van der Waals surface area contributed by atoms with Crippen molar-refractivity contribution in [3.05, 3.63) is 29.8 Å². The molecule has 0 aromatic heterocycles. The topological polar surface area (TPSA) is 43.4 Å². The van der Waals surface area contributed by atoms with Crippen molar-refractivity contribution in [2.45, 2.75) is 20.3 Å². The van der Waals surface area contributed by atoms with Gasteiger partial charge in [0.05, 0.1) is 0 Å². The van der Waals surface area contributed by atoms with Crippen LogP contribution in [0.5, 0.6) is 5.75 Å². The van der Waals surface area contributed by atoms with Crippen LogP contribution in [0.4, 0.5) is 0 Å². The summed E-state index contributed by atoms with van der Waals surface area (Å²) in [4.78, 5) is 21.5. The van der Waals surface area contributed by atoms with E-state index in [1.165, 1.54) is 6.92 Å². The number of benzene rings is 1. The highest BCUT2D eigenvalue weighted by atomic mass is 16.5. The number of esters is 1. The molecule has 0 atom stereocenters. The van der Waals surface area contributed by atoms with E-state index in [2.05, 4.69) is 0 Å². The van der Waals surface area contributed by atoms with E-state index in [4.69, 9.17) is 4.74 Å². The average Bonchev–Trinajstić information content (AvgIpc) is 2.19. The van der Waals surface area contributed by atoms with Crippen LogP contribution in [0.1, 0.15) is 19.4 Å². The smallest absolute Gasteiger partial charge is 0.379 e. The van der Waals surface area contributed by atoms with Crippen molar-refractivity contribution in [2.24, 2.45) is 0 Å². The second-order valence-electron chi connectivity index (χ2n) is 2.94. The van der Waals surface area contributed by atoms with Gasteiger partial charge < -0.3 is 4.74 Å². The maximum Gasteiger partial charge on any atom is 0.379 e. The Morgan fingerprint density at radius 2 is 1.79 bits per heavy atom. The summed E-state index contributed by atoms with van der Waals surface area (Å²) in [6.45, 7) is 3.22. The SMILES string of the molecule is CCc1ccc(OC(=O)C(C)=O)cc1. The van der Waals surface area contributed by atoms with Crippen LogP contribution in [-0.2, 0) is 16.0 Å². The second-order valence-corrected chi connectivity index (χ2v) is 2.94. The molecule has 74 valence electrons. The molecule has 0 bridgehead atoms. The summed E-state index contributed by atoms with van der Waals surface area (Å²) < 4.78 is 4.79. The van der Waals surface area contributed by atoms with Crippen molar-refractivity contribution in [1.29, 1.82) is 0 Å². The minimum atomic E-state index is -0.825. The lowest BCUT2D eigenvalue weighted by Crippen LogP contribution is -2.16. The van der Waals surface area contributed by atoms with Crippen LogP contribution >= 0.6 is 0 Å². The van der Waals surface area contributed by atoms with E-state index in [0.717, 1.165) is 12.0 Å². The monoisotopic (exact) mass is 192 g/mol. The van der Waals surface area contributed by atoms with Crippen LogP contribution in [0.25, 0.3) is 0 Å². The van der Waals surface area contributed by atoms with E-state index in [0.29, 0.717) is 5.75 Å². The Balaban J connectivity index is 2.69. The zero-order valence-corrected chi connectivity index (χ0v) is 8.24. The molecule has 0 heterocycles. The van der Waals surface area contributed by atoms with E-state index in [9.17, 15) is 9.59 Å². The molecule has 3 heteroatoms. The Hall–Kier alpha value is -1.64. The average molecular weight is 192 g/mol. The van der Waals surface area contributed by atoms with Gasteiger partial charge in [0, 0.05) is 6.92 Å². The first-order chi connectivity index (χ1) is 6.63. The molecule has 0 amide bonds. The Bertz CT molecular complexity index is 338. The van der Waals surface area contributed by atoms with Gasteiger partial charge in [0.2, 0.25) is 5.78 Å². The van der Waals surface area contributed by atoms with Gasteiger partial charge in [-0.3, -0.25) is 4.79 Å². The fraction of sp³-hybridized carbons (Fsp3) is 0.273. The molecule has 1 rings (SSSR count). The molecule has 0 aliphatic rings. The highest BCUT2D eigenvalue weighted by molar-refractivity contribution is 6.33. The van der Waals surface area contributed by atoms with Crippen LogP contribution in [0.15, 0.2) is 24.3 Å². The molecule has 0 saturated carbocycles. The predicted molar refractivity (Wildman–Crippen MR) is 52.1 cm³/mol. The first-order valence-corrected chi connectivity index (χ1v) is 4.45. The largest absolute Gasteiger partial charge is 0.421 e. The maximum absolute atomic E-state index is 10.9. The molecule has 1 aromatic carbocycles. The molecule has 1 aromatic rings.